The standard InChI is InChI=1S/C13H9BrCl2O2S/c14-7-5-11(19-13(7)16)12(15)10-6-17-8-3-1-2-4-9(8)18-10/h1-5,10,12H,6H2. The summed E-state index contributed by atoms with van der Waals surface area (Å²) < 4.78 is 13.1. The van der Waals surface area contributed by atoms with Crippen LogP contribution in [0.4, 0.5) is 0 Å². The van der Waals surface area contributed by atoms with Crippen LogP contribution in [0, 0.1) is 0 Å². The third-order valence-corrected chi connectivity index (χ3v) is 6.00. The fourth-order valence-corrected chi connectivity index (χ4v) is 3.95. The van der Waals surface area contributed by atoms with Crippen molar-refractivity contribution in [2.75, 3.05) is 6.61 Å². The molecule has 1 aromatic heterocycles. The number of para-hydroxylation sites is 2. The third-order valence-electron chi connectivity index (χ3n) is 2.79. The SMILES string of the molecule is Clc1sc(C(Cl)C2COc3ccccc3O2)cc1Br. The molecule has 0 bridgehead atoms. The Kier molecular flexibility index (Phi) is 3.94. The van der Waals surface area contributed by atoms with Gasteiger partial charge in [0.05, 0.1) is 0 Å². The summed E-state index contributed by atoms with van der Waals surface area (Å²) in [5.74, 6) is 1.49. The average molecular weight is 380 g/mol. The molecule has 0 saturated heterocycles. The van der Waals surface area contributed by atoms with Crippen molar-refractivity contribution in [2.24, 2.45) is 0 Å². The Labute approximate surface area is 133 Å². The van der Waals surface area contributed by atoms with Crippen LogP contribution in [0.5, 0.6) is 11.5 Å². The fraction of sp³-hybridized carbons (Fsp3) is 0.231. The van der Waals surface area contributed by atoms with E-state index in [1.54, 1.807) is 0 Å². The monoisotopic (exact) mass is 378 g/mol. The van der Waals surface area contributed by atoms with Gasteiger partial charge >= 0.3 is 0 Å². The van der Waals surface area contributed by atoms with E-state index in [9.17, 15) is 0 Å². The van der Waals surface area contributed by atoms with Gasteiger partial charge in [-0.25, -0.2) is 0 Å². The zero-order chi connectivity index (χ0) is 13.4. The van der Waals surface area contributed by atoms with Gasteiger partial charge in [0.1, 0.15) is 16.3 Å². The van der Waals surface area contributed by atoms with Gasteiger partial charge in [0.15, 0.2) is 17.6 Å². The van der Waals surface area contributed by atoms with Crippen molar-refractivity contribution in [1.82, 2.24) is 0 Å². The predicted molar refractivity (Wildman–Crippen MR) is 82.0 cm³/mol. The van der Waals surface area contributed by atoms with E-state index in [1.165, 1.54) is 11.3 Å². The van der Waals surface area contributed by atoms with E-state index in [4.69, 9.17) is 32.7 Å². The van der Waals surface area contributed by atoms with E-state index in [2.05, 4.69) is 15.9 Å². The molecule has 0 spiro atoms. The van der Waals surface area contributed by atoms with Crippen LogP contribution in [-0.2, 0) is 0 Å². The van der Waals surface area contributed by atoms with Crippen LogP contribution in [0.3, 0.4) is 0 Å². The highest BCUT2D eigenvalue weighted by atomic mass is 79.9. The molecule has 2 nitrogen and oxygen atoms in total. The highest BCUT2D eigenvalue weighted by Gasteiger charge is 2.30. The minimum absolute atomic E-state index is 0.224. The minimum atomic E-state index is -0.290. The number of halogens is 3. The van der Waals surface area contributed by atoms with E-state index in [0.717, 1.165) is 20.8 Å². The number of thiophene rings is 1. The van der Waals surface area contributed by atoms with Gasteiger partial charge in [0.25, 0.3) is 0 Å². The maximum atomic E-state index is 6.46. The number of hydrogen-bond donors (Lipinski definition) is 0. The van der Waals surface area contributed by atoms with E-state index in [0.29, 0.717) is 10.9 Å². The van der Waals surface area contributed by atoms with Gasteiger partial charge < -0.3 is 9.47 Å². The number of hydrogen-bond acceptors (Lipinski definition) is 3. The van der Waals surface area contributed by atoms with Gasteiger partial charge in [-0.2, -0.15) is 0 Å². The summed E-state index contributed by atoms with van der Waals surface area (Å²) in [6, 6.07) is 9.51. The molecule has 0 aliphatic carbocycles. The van der Waals surface area contributed by atoms with Gasteiger partial charge in [-0.1, -0.05) is 23.7 Å². The molecule has 1 aliphatic rings. The van der Waals surface area contributed by atoms with Crippen molar-refractivity contribution in [2.45, 2.75) is 11.5 Å². The van der Waals surface area contributed by atoms with Crippen LogP contribution in [0.15, 0.2) is 34.8 Å². The number of alkyl halides is 1. The first-order valence-corrected chi connectivity index (χ1v) is 8.05. The van der Waals surface area contributed by atoms with Crippen LogP contribution >= 0.6 is 50.5 Å². The maximum absolute atomic E-state index is 6.46. The lowest BCUT2D eigenvalue weighted by atomic mass is 10.2. The van der Waals surface area contributed by atoms with Crippen LogP contribution in [-0.4, -0.2) is 12.7 Å². The Balaban J connectivity index is 1.81. The van der Waals surface area contributed by atoms with E-state index in [-0.39, 0.29) is 11.5 Å². The van der Waals surface area contributed by atoms with Gasteiger partial charge in [0, 0.05) is 9.35 Å². The quantitative estimate of drug-likeness (QED) is 0.660. The number of fused-ring (bicyclic) bond motifs is 1. The topological polar surface area (TPSA) is 18.5 Å². The van der Waals surface area contributed by atoms with Gasteiger partial charge in [-0.15, -0.1) is 22.9 Å². The Morgan fingerprint density at radius 2 is 2.05 bits per heavy atom. The Bertz CT molecular complexity index is 583. The second-order valence-electron chi connectivity index (χ2n) is 4.09. The summed E-state index contributed by atoms with van der Waals surface area (Å²) in [5, 5.41) is -0.290. The van der Waals surface area contributed by atoms with Gasteiger partial charge in [0.2, 0.25) is 0 Å². The molecule has 6 heteroatoms. The molecule has 0 fully saturated rings. The maximum Gasteiger partial charge on any atom is 0.161 e. The molecule has 0 saturated carbocycles. The number of ether oxygens (including phenoxy) is 2. The average Bonchev–Trinajstić information content (AvgIpc) is 2.77. The molecule has 1 aromatic carbocycles. The van der Waals surface area contributed by atoms with Crippen molar-refractivity contribution in [1.29, 1.82) is 0 Å². The molecule has 0 radical (unpaired) electrons. The van der Waals surface area contributed by atoms with Crippen molar-refractivity contribution >= 4 is 50.5 Å². The molecule has 2 heterocycles. The third kappa shape index (κ3) is 2.72. The molecule has 0 amide bonds. The molecule has 1 aliphatic heterocycles. The Morgan fingerprint density at radius 3 is 2.74 bits per heavy atom. The van der Waals surface area contributed by atoms with Crippen LogP contribution in [0.2, 0.25) is 4.34 Å². The predicted octanol–water partition coefficient (Wildman–Crippen LogP) is 5.28. The first kappa shape index (κ1) is 13.6. The lowest BCUT2D eigenvalue weighted by Crippen LogP contribution is -2.32. The summed E-state index contributed by atoms with van der Waals surface area (Å²) >= 11 is 17.3. The zero-order valence-electron chi connectivity index (χ0n) is 9.61. The summed E-state index contributed by atoms with van der Waals surface area (Å²) in [6.07, 6.45) is -0.224. The number of benzene rings is 1. The van der Waals surface area contributed by atoms with Crippen molar-refractivity contribution < 1.29 is 9.47 Å². The molecule has 2 atom stereocenters. The van der Waals surface area contributed by atoms with Crippen molar-refractivity contribution in [3.8, 4) is 11.5 Å². The molecule has 2 aromatic rings. The highest BCUT2D eigenvalue weighted by molar-refractivity contribution is 9.10. The van der Waals surface area contributed by atoms with Crippen molar-refractivity contribution in [3.63, 3.8) is 0 Å². The molecular formula is C13H9BrCl2O2S. The molecule has 0 N–H and O–H groups in total. The molecular weight excluding hydrogens is 371 g/mol. The zero-order valence-corrected chi connectivity index (χ0v) is 13.5. The second-order valence-corrected chi connectivity index (χ2v) is 7.10. The normalized spacial score (nSPS) is 19.2. The van der Waals surface area contributed by atoms with E-state index < -0.39 is 0 Å². The molecule has 100 valence electrons. The minimum Gasteiger partial charge on any atom is -0.486 e. The van der Waals surface area contributed by atoms with Crippen LogP contribution in [0.25, 0.3) is 0 Å². The van der Waals surface area contributed by atoms with E-state index in [1.807, 2.05) is 30.3 Å². The first-order valence-electron chi connectivity index (χ1n) is 5.62. The highest BCUT2D eigenvalue weighted by Crippen LogP contribution is 2.42. The lowest BCUT2D eigenvalue weighted by Gasteiger charge is -2.28. The van der Waals surface area contributed by atoms with Crippen LogP contribution in [0.1, 0.15) is 10.3 Å². The summed E-state index contributed by atoms with van der Waals surface area (Å²) in [7, 11) is 0. The first-order chi connectivity index (χ1) is 9.15. The molecule has 2 unspecified atom stereocenters. The Morgan fingerprint density at radius 1 is 1.32 bits per heavy atom. The van der Waals surface area contributed by atoms with Crippen molar-refractivity contribution in [3.05, 3.63) is 44.0 Å². The van der Waals surface area contributed by atoms with Crippen LogP contribution < -0.4 is 9.47 Å². The number of rotatable bonds is 2. The Hall–Kier alpha value is -0.420. The summed E-state index contributed by atoms with van der Waals surface area (Å²) in [4.78, 5) is 0.964. The second kappa shape index (κ2) is 5.52. The fourth-order valence-electron chi connectivity index (χ4n) is 1.86. The molecule has 3 rings (SSSR count). The van der Waals surface area contributed by atoms with E-state index >= 15 is 0 Å². The molecule has 19 heavy (non-hydrogen) atoms. The lowest BCUT2D eigenvalue weighted by molar-refractivity contribution is 0.0883. The van der Waals surface area contributed by atoms with Gasteiger partial charge in [-0.3, -0.25) is 0 Å². The largest absolute Gasteiger partial charge is 0.486 e. The summed E-state index contributed by atoms with van der Waals surface area (Å²) in [6.45, 7) is 0.429. The van der Waals surface area contributed by atoms with Gasteiger partial charge in [-0.05, 0) is 34.1 Å². The summed E-state index contributed by atoms with van der Waals surface area (Å²) in [5.41, 5.74) is 0. The smallest absolute Gasteiger partial charge is 0.161 e.